The number of nitrogens with two attached hydrogens (primary N) is 1. The van der Waals surface area contributed by atoms with Gasteiger partial charge in [0.2, 0.25) is 5.91 Å². The number of nitrogens with one attached hydrogen (secondary N) is 1. The fraction of sp³-hybridized carbons (Fsp3) is 0.818. The molecule has 4 nitrogen and oxygen atoms in total. The van der Waals surface area contributed by atoms with Crippen molar-refractivity contribution in [3.05, 3.63) is 0 Å². The van der Waals surface area contributed by atoms with Gasteiger partial charge in [-0.15, -0.1) is 0 Å². The molecule has 1 aliphatic carbocycles. The minimum atomic E-state index is 0.112. The molecule has 1 saturated carbocycles. The van der Waals surface area contributed by atoms with Crippen LogP contribution in [0.25, 0.3) is 0 Å². The molecule has 0 unspecified atom stereocenters. The van der Waals surface area contributed by atoms with Crippen LogP contribution in [0.2, 0.25) is 0 Å². The molecule has 0 aromatic carbocycles. The fourth-order valence-electron chi connectivity index (χ4n) is 2.05. The summed E-state index contributed by atoms with van der Waals surface area (Å²) in [6.45, 7) is 1.22. The van der Waals surface area contributed by atoms with Gasteiger partial charge in [-0.25, -0.2) is 0 Å². The van der Waals surface area contributed by atoms with E-state index in [1.807, 2.05) is 6.07 Å². The van der Waals surface area contributed by atoms with Crippen LogP contribution in [0.1, 0.15) is 32.1 Å². The van der Waals surface area contributed by atoms with Crippen LogP contribution in [-0.4, -0.2) is 19.0 Å². The van der Waals surface area contributed by atoms with Gasteiger partial charge in [0.15, 0.2) is 0 Å². The highest BCUT2D eigenvalue weighted by Crippen LogP contribution is 2.27. The van der Waals surface area contributed by atoms with Gasteiger partial charge in [-0.2, -0.15) is 5.26 Å². The van der Waals surface area contributed by atoms with E-state index in [2.05, 4.69) is 5.32 Å². The van der Waals surface area contributed by atoms with Crippen LogP contribution >= 0.6 is 0 Å². The van der Waals surface area contributed by atoms with Crippen molar-refractivity contribution in [2.75, 3.05) is 13.1 Å². The number of nitrogens with zero attached hydrogens (tertiary/aromatic N) is 1. The molecule has 1 rings (SSSR count). The first-order valence-corrected chi connectivity index (χ1v) is 5.62. The molecule has 0 spiro atoms. The maximum absolute atomic E-state index is 11.6. The van der Waals surface area contributed by atoms with Crippen molar-refractivity contribution in [2.24, 2.45) is 17.6 Å². The molecule has 15 heavy (non-hydrogen) atoms. The van der Waals surface area contributed by atoms with E-state index < -0.39 is 0 Å². The van der Waals surface area contributed by atoms with Crippen LogP contribution in [0, 0.1) is 23.2 Å². The quantitative estimate of drug-likeness (QED) is 0.671. The van der Waals surface area contributed by atoms with E-state index in [9.17, 15) is 4.79 Å². The van der Waals surface area contributed by atoms with Crippen LogP contribution in [0.5, 0.6) is 0 Å². The second-order valence-electron chi connectivity index (χ2n) is 4.15. The second-order valence-corrected chi connectivity index (χ2v) is 4.15. The van der Waals surface area contributed by atoms with Crippen LogP contribution in [0.3, 0.4) is 0 Å². The van der Waals surface area contributed by atoms with E-state index in [4.69, 9.17) is 11.0 Å². The number of carbonyl (C=O) groups is 1. The van der Waals surface area contributed by atoms with Crippen molar-refractivity contribution in [3.8, 4) is 6.07 Å². The lowest BCUT2D eigenvalue weighted by Crippen LogP contribution is -2.34. The van der Waals surface area contributed by atoms with Crippen LogP contribution in [0.15, 0.2) is 0 Å². The van der Waals surface area contributed by atoms with E-state index in [1.54, 1.807) is 0 Å². The zero-order valence-electron chi connectivity index (χ0n) is 9.04. The highest BCUT2D eigenvalue weighted by molar-refractivity contribution is 5.78. The van der Waals surface area contributed by atoms with Crippen molar-refractivity contribution < 1.29 is 4.79 Å². The Balaban J connectivity index is 2.21. The van der Waals surface area contributed by atoms with Crippen molar-refractivity contribution in [1.29, 1.82) is 5.26 Å². The summed E-state index contributed by atoms with van der Waals surface area (Å²) < 4.78 is 0. The third kappa shape index (κ3) is 3.88. The van der Waals surface area contributed by atoms with Crippen LogP contribution in [-0.2, 0) is 4.79 Å². The number of carbonyl (C=O) groups excluding carboxylic acids is 1. The number of nitriles is 1. The van der Waals surface area contributed by atoms with E-state index in [0.29, 0.717) is 18.9 Å². The molecule has 4 heteroatoms. The SMILES string of the molecule is N#CCCNC(=O)C1CCC(CN)CC1. The fourth-order valence-corrected chi connectivity index (χ4v) is 2.05. The summed E-state index contributed by atoms with van der Waals surface area (Å²) >= 11 is 0. The molecule has 0 bridgehead atoms. The predicted molar refractivity (Wildman–Crippen MR) is 57.7 cm³/mol. The largest absolute Gasteiger partial charge is 0.355 e. The third-order valence-electron chi connectivity index (χ3n) is 3.09. The average molecular weight is 209 g/mol. The predicted octanol–water partition coefficient (Wildman–Crippen LogP) is 0.781. The molecule has 0 atom stereocenters. The van der Waals surface area contributed by atoms with Gasteiger partial charge in [0.1, 0.15) is 0 Å². The Morgan fingerprint density at radius 3 is 2.60 bits per heavy atom. The molecule has 1 amide bonds. The molecule has 84 valence electrons. The first-order valence-electron chi connectivity index (χ1n) is 5.62. The molecule has 0 aromatic rings. The van der Waals surface area contributed by atoms with Gasteiger partial charge >= 0.3 is 0 Å². The van der Waals surface area contributed by atoms with Crippen molar-refractivity contribution in [1.82, 2.24) is 5.32 Å². The second kappa shape index (κ2) is 6.41. The lowest BCUT2D eigenvalue weighted by atomic mass is 9.81. The molecule has 0 aromatic heterocycles. The zero-order valence-corrected chi connectivity index (χ0v) is 9.04. The minimum Gasteiger partial charge on any atom is -0.355 e. The molecule has 1 aliphatic rings. The Bertz CT molecular complexity index is 239. The molecular formula is C11H19N3O. The summed E-state index contributed by atoms with van der Waals surface area (Å²) in [7, 11) is 0. The van der Waals surface area contributed by atoms with Gasteiger partial charge in [0.05, 0.1) is 12.5 Å². The van der Waals surface area contributed by atoms with E-state index in [0.717, 1.165) is 32.2 Å². The van der Waals surface area contributed by atoms with Gasteiger partial charge in [0.25, 0.3) is 0 Å². The Hall–Kier alpha value is -1.08. The van der Waals surface area contributed by atoms with Crippen molar-refractivity contribution >= 4 is 5.91 Å². The maximum atomic E-state index is 11.6. The van der Waals surface area contributed by atoms with Crippen molar-refractivity contribution in [2.45, 2.75) is 32.1 Å². The van der Waals surface area contributed by atoms with E-state index in [1.165, 1.54) is 0 Å². The zero-order chi connectivity index (χ0) is 11.1. The highest BCUT2D eigenvalue weighted by Gasteiger charge is 2.25. The number of amides is 1. The van der Waals surface area contributed by atoms with E-state index in [-0.39, 0.29) is 11.8 Å². The molecular weight excluding hydrogens is 190 g/mol. The van der Waals surface area contributed by atoms with Gasteiger partial charge in [-0.3, -0.25) is 4.79 Å². The maximum Gasteiger partial charge on any atom is 0.223 e. The molecule has 0 saturated heterocycles. The standard InChI is InChI=1S/C11H19N3O/c12-6-1-7-14-11(15)10-4-2-9(8-13)3-5-10/h9-10H,1-5,7-8,13H2,(H,14,15). The van der Waals surface area contributed by atoms with Gasteiger partial charge in [-0.05, 0) is 38.1 Å². The van der Waals surface area contributed by atoms with Gasteiger partial charge in [0, 0.05) is 12.5 Å². The third-order valence-corrected chi connectivity index (χ3v) is 3.09. The summed E-state index contributed by atoms with van der Waals surface area (Å²) in [4.78, 5) is 11.6. The first kappa shape index (κ1) is 12.0. The van der Waals surface area contributed by atoms with Crippen LogP contribution in [0.4, 0.5) is 0 Å². The van der Waals surface area contributed by atoms with Crippen LogP contribution < -0.4 is 11.1 Å². The summed E-state index contributed by atoms with van der Waals surface area (Å²) in [5.41, 5.74) is 5.59. The highest BCUT2D eigenvalue weighted by atomic mass is 16.1. The summed E-state index contributed by atoms with van der Waals surface area (Å²) in [5.74, 6) is 0.861. The molecule has 0 aliphatic heterocycles. The van der Waals surface area contributed by atoms with Crippen molar-refractivity contribution in [3.63, 3.8) is 0 Å². The van der Waals surface area contributed by atoms with Gasteiger partial charge in [-0.1, -0.05) is 0 Å². The number of hydrogen-bond donors (Lipinski definition) is 2. The Morgan fingerprint density at radius 1 is 1.40 bits per heavy atom. The number of rotatable bonds is 4. The average Bonchev–Trinajstić information content (AvgIpc) is 2.29. The molecule has 0 radical (unpaired) electrons. The lowest BCUT2D eigenvalue weighted by Gasteiger charge is -2.26. The number of hydrogen-bond acceptors (Lipinski definition) is 3. The smallest absolute Gasteiger partial charge is 0.223 e. The summed E-state index contributed by atoms with van der Waals surface area (Å²) in [6.07, 6.45) is 4.41. The first-order chi connectivity index (χ1) is 7.27. The molecule has 1 fully saturated rings. The van der Waals surface area contributed by atoms with E-state index >= 15 is 0 Å². The molecule has 3 N–H and O–H groups in total. The molecule has 0 heterocycles. The lowest BCUT2D eigenvalue weighted by molar-refractivity contribution is -0.126. The summed E-state index contributed by atoms with van der Waals surface area (Å²) in [5, 5.41) is 11.1. The minimum absolute atomic E-state index is 0.112. The Kier molecular flexibility index (Phi) is 5.13. The Morgan fingerprint density at radius 2 is 2.07 bits per heavy atom. The summed E-state index contributed by atoms with van der Waals surface area (Å²) in [6, 6.07) is 2.01. The monoisotopic (exact) mass is 209 g/mol. The topological polar surface area (TPSA) is 78.9 Å². The van der Waals surface area contributed by atoms with Gasteiger partial charge < -0.3 is 11.1 Å². The normalized spacial score (nSPS) is 25.6. The Labute approximate surface area is 90.8 Å².